The first-order valence-electron chi connectivity index (χ1n) is 7.08. The van der Waals surface area contributed by atoms with Crippen molar-refractivity contribution in [3.05, 3.63) is 0 Å². The first kappa shape index (κ1) is 15.5. The van der Waals surface area contributed by atoms with Crippen LogP contribution in [0.2, 0.25) is 0 Å². The van der Waals surface area contributed by atoms with Crippen LogP contribution in [-0.2, 0) is 10.2 Å². The molecule has 3 fully saturated rings. The largest absolute Gasteiger partial charge is 0.317 e. The summed E-state index contributed by atoms with van der Waals surface area (Å²) in [6.07, 6.45) is 5.32. The first-order valence-corrected chi connectivity index (χ1v) is 8.48. The van der Waals surface area contributed by atoms with Gasteiger partial charge in [0, 0.05) is 26.2 Å². The lowest BCUT2D eigenvalue weighted by atomic mass is 9.78. The van der Waals surface area contributed by atoms with Gasteiger partial charge in [0.05, 0.1) is 0 Å². The van der Waals surface area contributed by atoms with E-state index < -0.39 is 10.2 Å². The van der Waals surface area contributed by atoms with Gasteiger partial charge >= 0.3 is 0 Å². The molecule has 0 bridgehead atoms. The maximum atomic E-state index is 12.5. The molecule has 0 radical (unpaired) electrons. The zero-order chi connectivity index (χ0) is 12.6. The van der Waals surface area contributed by atoms with Crippen LogP contribution < -0.4 is 5.32 Å². The van der Waals surface area contributed by atoms with Gasteiger partial charge in [0.1, 0.15) is 0 Å². The van der Waals surface area contributed by atoms with Crippen LogP contribution in [0.4, 0.5) is 0 Å². The minimum Gasteiger partial charge on any atom is -0.317 e. The zero-order valence-electron chi connectivity index (χ0n) is 11.3. The molecule has 19 heavy (non-hydrogen) atoms. The third-order valence-corrected chi connectivity index (χ3v) is 6.77. The molecule has 3 aliphatic heterocycles. The Kier molecular flexibility index (Phi) is 4.78. The Balaban J connectivity index is 0.00000133. The molecule has 1 N–H and O–H groups in total. The molecule has 112 valence electrons. The van der Waals surface area contributed by atoms with E-state index >= 15 is 0 Å². The topological polar surface area (TPSA) is 52.7 Å². The summed E-state index contributed by atoms with van der Waals surface area (Å²) in [5.41, 5.74) is 0.262. The number of rotatable bonds is 2. The first-order chi connectivity index (χ1) is 8.62. The van der Waals surface area contributed by atoms with Crippen LogP contribution in [-0.4, -0.2) is 56.3 Å². The van der Waals surface area contributed by atoms with Gasteiger partial charge in [-0.15, -0.1) is 12.4 Å². The van der Waals surface area contributed by atoms with Crippen LogP contribution in [0.15, 0.2) is 0 Å². The van der Waals surface area contributed by atoms with Crippen LogP contribution in [0.3, 0.4) is 0 Å². The van der Waals surface area contributed by atoms with Crippen molar-refractivity contribution < 1.29 is 8.42 Å². The summed E-state index contributed by atoms with van der Waals surface area (Å²) in [5.74, 6) is 0. The van der Waals surface area contributed by atoms with Crippen LogP contribution in [0.1, 0.15) is 32.1 Å². The van der Waals surface area contributed by atoms with Gasteiger partial charge in [-0.2, -0.15) is 17.0 Å². The van der Waals surface area contributed by atoms with E-state index in [1.54, 1.807) is 8.61 Å². The second-order valence-corrected chi connectivity index (χ2v) is 7.88. The summed E-state index contributed by atoms with van der Waals surface area (Å²) < 4.78 is 28.4. The molecule has 5 nitrogen and oxygen atoms in total. The van der Waals surface area contributed by atoms with Gasteiger partial charge in [-0.05, 0) is 50.6 Å². The molecule has 7 heteroatoms. The molecule has 0 saturated carbocycles. The molecular formula is C12H24ClN3O2S. The number of hydrogen-bond donors (Lipinski definition) is 1. The van der Waals surface area contributed by atoms with Gasteiger partial charge in [0.2, 0.25) is 0 Å². The number of halogens is 1. The summed E-state index contributed by atoms with van der Waals surface area (Å²) >= 11 is 0. The number of nitrogens with one attached hydrogen (secondary N) is 1. The lowest BCUT2D eigenvalue weighted by Crippen LogP contribution is -2.44. The molecule has 0 unspecified atom stereocenters. The smallest absolute Gasteiger partial charge is 0.281 e. The molecule has 3 saturated heterocycles. The van der Waals surface area contributed by atoms with Crippen molar-refractivity contribution in [3.8, 4) is 0 Å². The standard InChI is InChI=1S/C12H23N3O2S.ClH/c16-18(17,14-8-1-2-9-14)15-10-5-12(11-15)3-6-13-7-4-12;/h13H,1-11H2;1H. The second kappa shape index (κ2) is 5.85. The number of piperidine rings is 1. The van der Waals surface area contributed by atoms with Crippen molar-refractivity contribution in [1.82, 2.24) is 13.9 Å². The van der Waals surface area contributed by atoms with Crippen molar-refractivity contribution in [1.29, 1.82) is 0 Å². The summed E-state index contributed by atoms with van der Waals surface area (Å²) in [5, 5.41) is 3.37. The third-order valence-electron chi connectivity index (χ3n) is 4.79. The molecule has 3 heterocycles. The fraction of sp³-hybridized carbons (Fsp3) is 1.00. The van der Waals surface area contributed by atoms with Crippen molar-refractivity contribution in [3.63, 3.8) is 0 Å². The molecule has 3 aliphatic rings. The van der Waals surface area contributed by atoms with E-state index in [0.717, 1.165) is 58.3 Å². The Morgan fingerprint density at radius 2 is 1.53 bits per heavy atom. The summed E-state index contributed by atoms with van der Waals surface area (Å²) in [6.45, 7) is 4.97. The lowest BCUT2D eigenvalue weighted by Gasteiger charge is -2.34. The minimum atomic E-state index is -3.17. The van der Waals surface area contributed by atoms with Gasteiger partial charge in [-0.1, -0.05) is 0 Å². The highest BCUT2D eigenvalue weighted by molar-refractivity contribution is 7.86. The van der Waals surface area contributed by atoms with Crippen molar-refractivity contribution in [2.75, 3.05) is 39.3 Å². The van der Waals surface area contributed by atoms with E-state index in [9.17, 15) is 8.42 Å². The maximum Gasteiger partial charge on any atom is 0.281 e. The molecule has 3 rings (SSSR count). The van der Waals surface area contributed by atoms with Crippen LogP contribution in [0, 0.1) is 5.41 Å². The fourth-order valence-corrected chi connectivity index (χ4v) is 5.34. The van der Waals surface area contributed by atoms with Crippen molar-refractivity contribution in [2.24, 2.45) is 5.41 Å². The molecule has 0 amide bonds. The van der Waals surface area contributed by atoms with E-state index in [4.69, 9.17) is 0 Å². The van der Waals surface area contributed by atoms with Gasteiger partial charge in [0.25, 0.3) is 10.2 Å². The Hall–Kier alpha value is 0.120. The lowest BCUT2D eigenvalue weighted by molar-refractivity contribution is 0.216. The SMILES string of the molecule is Cl.O=S(=O)(N1CCCC1)N1CCC2(CCNCC2)C1. The van der Waals surface area contributed by atoms with Crippen LogP contribution in [0.25, 0.3) is 0 Å². The van der Waals surface area contributed by atoms with Gasteiger partial charge in [-0.3, -0.25) is 0 Å². The molecule has 0 aromatic rings. The maximum absolute atomic E-state index is 12.5. The predicted molar refractivity (Wildman–Crippen MR) is 77.7 cm³/mol. The van der Waals surface area contributed by atoms with Gasteiger partial charge in [0.15, 0.2) is 0 Å². The van der Waals surface area contributed by atoms with E-state index in [0.29, 0.717) is 13.1 Å². The van der Waals surface area contributed by atoms with E-state index in [2.05, 4.69) is 5.32 Å². The Morgan fingerprint density at radius 1 is 0.895 bits per heavy atom. The number of nitrogens with zero attached hydrogens (tertiary/aromatic N) is 2. The van der Waals surface area contributed by atoms with E-state index in [1.165, 1.54) is 0 Å². The molecule has 1 spiro atoms. The zero-order valence-corrected chi connectivity index (χ0v) is 12.9. The second-order valence-electron chi connectivity index (χ2n) is 5.95. The highest BCUT2D eigenvalue weighted by atomic mass is 35.5. The molecule has 0 aromatic heterocycles. The average molecular weight is 310 g/mol. The Morgan fingerprint density at radius 3 is 2.16 bits per heavy atom. The summed E-state index contributed by atoms with van der Waals surface area (Å²) in [6, 6.07) is 0. The molecule has 0 aliphatic carbocycles. The van der Waals surface area contributed by atoms with Crippen molar-refractivity contribution in [2.45, 2.75) is 32.1 Å². The average Bonchev–Trinajstić information content (AvgIpc) is 3.00. The van der Waals surface area contributed by atoms with Crippen LogP contribution in [0.5, 0.6) is 0 Å². The Labute approximate surface area is 122 Å². The third kappa shape index (κ3) is 2.93. The normalized spacial score (nSPS) is 28.6. The summed E-state index contributed by atoms with van der Waals surface area (Å²) in [7, 11) is -3.17. The highest BCUT2D eigenvalue weighted by Gasteiger charge is 2.44. The van der Waals surface area contributed by atoms with E-state index in [1.807, 2.05) is 0 Å². The molecular weight excluding hydrogens is 286 g/mol. The Bertz CT molecular complexity index is 403. The predicted octanol–water partition coefficient (Wildman–Crippen LogP) is 0.824. The van der Waals surface area contributed by atoms with E-state index in [-0.39, 0.29) is 17.8 Å². The quantitative estimate of drug-likeness (QED) is 0.822. The van der Waals surface area contributed by atoms with Crippen LogP contribution >= 0.6 is 12.4 Å². The van der Waals surface area contributed by atoms with Crippen molar-refractivity contribution >= 4 is 22.6 Å². The fourth-order valence-electron chi connectivity index (χ4n) is 3.54. The number of hydrogen-bond acceptors (Lipinski definition) is 3. The monoisotopic (exact) mass is 309 g/mol. The minimum absolute atomic E-state index is 0. The highest BCUT2D eigenvalue weighted by Crippen LogP contribution is 2.40. The molecule has 0 aromatic carbocycles. The summed E-state index contributed by atoms with van der Waals surface area (Å²) in [4.78, 5) is 0. The van der Waals surface area contributed by atoms with Gasteiger partial charge < -0.3 is 5.32 Å². The van der Waals surface area contributed by atoms with Gasteiger partial charge in [-0.25, -0.2) is 0 Å². The molecule has 0 atom stereocenters.